The quantitative estimate of drug-likeness (QED) is 0.156. The van der Waals surface area contributed by atoms with E-state index in [-0.39, 0.29) is 0 Å². The summed E-state index contributed by atoms with van der Waals surface area (Å²) < 4.78 is 0. The summed E-state index contributed by atoms with van der Waals surface area (Å²) in [6.07, 6.45) is 8.74. The minimum Gasteiger partial charge on any atom is -0.354 e. The SMILES string of the molecule is Cc1cc(C)c(-c2c3nc(c(-c4c(C)cc(C)cc4C)c4ccc([nH]4)c(-c4c(C)cc(C)cc4C)c4nc(c(-c5ccc(S)cc5)c5ccc2[nH]5)C=C4)C=C3)c(C)c1. The lowest BCUT2D eigenvalue weighted by molar-refractivity contribution is 1.27. The maximum atomic E-state index is 5.60. The Balaban J connectivity index is 1.53. The summed E-state index contributed by atoms with van der Waals surface area (Å²) in [5.41, 5.74) is 27.6. The Bertz CT molecular complexity index is 2970. The van der Waals surface area contributed by atoms with Crippen LogP contribution < -0.4 is 0 Å². The third-order valence-corrected chi connectivity index (χ3v) is 12.0. The molecule has 5 heteroatoms. The molecule has 0 fully saturated rings. The Morgan fingerprint density at radius 3 is 0.931 bits per heavy atom. The Morgan fingerprint density at radius 1 is 0.345 bits per heavy atom. The van der Waals surface area contributed by atoms with Crippen molar-refractivity contribution >= 4 is 59.0 Å². The number of rotatable bonds is 4. The van der Waals surface area contributed by atoms with E-state index in [1.807, 2.05) is 12.1 Å². The minimum absolute atomic E-state index is 0.894. The summed E-state index contributed by atoms with van der Waals surface area (Å²) in [6, 6.07) is 30.9. The third-order valence-electron chi connectivity index (χ3n) is 11.7. The van der Waals surface area contributed by atoms with E-state index in [1.54, 1.807) is 0 Å². The van der Waals surface area contributed by atoms with Gasteiger partial charge in [-0.2, -0.15) is 0 Å². The van der Waals surface area contributed by atoms with Gasteiger partial charge in [0.25, 0.3) is 0 Å². The first-order valence-corrected chi connectivity index (χ1v) is 20.5. The van der Waals surface area contributed by atoms with Crippen LogP contribution in [0.5, 0.6) is 0 Å². The second-order valence-electron chi connectivity index (χ2n) is 16.4. The lowest BCUT2D eigenvalue weighted by Gasteiger charge is -2.14. The van der Waals surface area contributed by atoms with Crippen LogP contribution in [0.4, 0.5) is 0 Å². The van der Waals surface area contributed by atoms with E-state index >= 15 is 0 Å². The van der Waals surface area contributed by atoms with E-state index in [2.05, 4.69) is 182 Å². The molecular formula is C53H48N4S. The van der Waals surface area contributed by atoms with E-state index in [9.17, 15) is 0 Å². The standard InChI is InChI=1S/C53H48N4S/c1-28-22-31(4)47(32(5)23-28)51-41-16-14-39(54-41)50(37-10-12-38(58)13-11-37)40-15-17-42(55-40)52(48-33(6)24-29(2)25-34(48)7)44-19-21-46(57-44)53(45-20-18-43(51)56-45)49-35(8)26-30(3)27-36(49)9/h10-27,54,57-58H,1-9H3. The van der Waals surface area contributed by atoms with Gasteiger partial charge in [0.2, 0.25) is 0 Å². The van der Waals surface area contributed by atoms with Gasteiger partial charge in [-0.3, -0.25) is 0 Å². The van der Waals surface area contributed by atoms with Gasteiger partial charge in [0.1, 0.15) is 0 Å². The molecular weight excluding hydrogens is 725 g/mol. The van der Waals surface area contributed by atoms with E-state index in [1.165, 1.54) is 66.8 Å². The summed E-state index contributed by atoms with van der Waals surface area (Å²) >= 11 is 4.64. The Morgan fingerprint density at radius 2 is 0.621 bits per heavy atom. The van der Waals surface area contributed by atoms with Crippen molar-refractivity contribution < 1.29 is 0 Å². The average molecular weight is 773 g/mol. The van der Waals surface area contributed by atoms with Gasteiger partial charge in [0, 0.05) is 49.2 Å². The van der Waals surface area contributed by atoms with Crippen LogP contribution in [0, 0.1) is 62.3 Å². The molecule has 0 amide bonds. The Labute approximate surface area is 346 Å². The van der Waals surface area contributed by atoms with Gasteiger partial charge in [-0.25, -0.2) is 9.97 Å². The van der Waals surface area contributed by atoms with Crippen molar-refractivity contribution in [1.82, 2.24) is 19.9 Å². The molecule has 0 aliphatic carbocycles. The topological polar surface area (TPSA) is 57.4 Å². The molecule has 9 rings (SSSR count). The molecule has 8 bridgehead atoms. The van der Waals surface area contributed by atoms with Crippen molar-refractivity contribution in [2.45, 2.75) is 67.2 Å². The fourth-order valence-electron chi connectivity index (χ4n) is 9.65. The van der Waals surface area contributed by atoms with Gasteiger partial charge < -0.3 is 9.97 Å². The lowest BCUT2D eigenvalue weighted by atomic mass is 9.92. The second kappa shape index (κ2) is 14.3. The van der Waals surface area contributed by atoms with Gasteiger partial charge in [-0.15, -0.1) is 12.6 Å². The highest BCUT2D eigenvalue weighted by Gasteiger charge is 2.22. The normalized spacial score (nSPS) is 12.2. The summed E-state index contributed by atoms with van der Waals surface area (Å²) in [7, 11) is 0. The minimum atomic E-state index is 0.894. The van der Waals surface area contributed by atoms with E-state index < -0.39 is 0 Å². The Hall–Kier alpha value is -6.17. The molecule has 0 saturated carbocycles. The number of nitrogens with one attached hydrogen (secondary N) is 2. The first kappa shape index (κ1) is 37.4. The molecule has 286 valence electrons. The van der Waals surface area contributed by atoms with Crippen molar-refractivity contribution in [3.63, 3.8) is 0 Å². The summed E-state index contributed by atoms with van der Waals surface area (Å²) in [4.78, 5) is 19.9. The first-order valence-electron chi connectivity index (χ1n) is 20.0. The molecule has 0 unspecified atom stereocenters. The molecule has 2 aliphatic rings. The van der Waals surface area contributed by atoms with Crippen LogP contribution in [0.1, 0.15) is 72.8 Å². The van der Waals surface area contributed by atoms with Crippen molar-refractivity contribution in [2.75, 3.05) is 0 Å². The molecule has 3 aromatic heterocycles. The summed E-state index contributed by atoms with van der Waals surface area (Å²) in [5, 5.41) is 0. The molecule has 5 heterocycles. The zero-order chi connectivity index (χ0) is 40.6. The van der Waals surface area contributed by atoms with Crippen molar-refractivity contribution in [1.29, 1.82) is 0 Å². The molecule has 0 atom stereocenters. The molecule has 58 heavy (non-hydrogen) atoms. The van der Waals surface area contributed by atoms with Gasteiger partial charge in [0.05, 0.1) is 22.8 Å². The predicted molar refractivity (Wildman–Crippen MR) is 250 cm³/mol. The van der Waals surface area contributed by atoms with Gasteiger partial charge in [-0.1, -0.05) is 65.2 Å². The zero-order valence-corrected chi connectivity index (χ0v) is 35.6. The number of nitrogens with zero attached hydrogens (tertiary/aromatic N) is 2. The smallest absolute Gasteiger partial charge is 0.0737 e. The second-order valence-corrected chi connectivity index (χ2v) is 16.9. The number of fused-ring (bicyclic) bond motifs is 8. The van der Waals surface area contributed by atoms with Crippen LogP contribution in [0.3, 0.4) is 0 Å². The molecule has 4 nitrogen and oxygen atoms in total. The highest BCUT2D eigenvalue weighted by molar-refractivity contribution is 7.80. The number of aryl methyl sites for hydroxylation is 9. The number of aromatic amines is 2. The number of hydrogen-bond acceptors (Lipinski definition) is 3. The first-order chi connectivity index (χ1) is 27.8. The van der Waals surface area contributed by atoms with E-state index in [0.717, 1.165) is 77.6 Å². The van der Waals surface area contributed by atoms with Crippen LogP contribution in [-0.4, -0.2) is 19.9 Å². The van der Waals surface area contributed by atoms with Crippen molar-refractivity contribution in [3.8, 4) is 44.5 Å². The maximum Gasteiger partial charge on any atom is 0.0737 e. The Kier molecular flexibility index (Phi) is 9.25. The molecule has 0 spiro atoms. The average Bonchev–Trinajstić information content (AvgIpc) is 3.99. The fourth-order valence-corrected chi connectivity index (χ4v) is 9.80. The van der Waals surface area contributed by atoms with E-state index in [4.69, 9.17) is 9.97 Å². The summed E-state index contributed by atoms with van der Waals surface area (Å²) in [5.74, 6) is 0. The van der Waals surface area contributed by atoms with Gasteiger partial charge in [0.15, 0.2) is 0 Å². The number of hydrogen-bond donors (Lipinski definition) is 3. The zero-order valence-electron chi connectivity index (χ0n) is 34.7. The molecule has 2 N–H and O–H groups in total. The molecule has 4 aromatic carbocycles. The molecule has 7 aromatic rings. The van der Waals surface area contributed by atoms with E-state index in [0.29, 0.717) is 0 Å². The monoisotopic (exact) mass is 772 g/mol. The maximum absolute atomic E-state index is 5.60. The van der Waals surface area contributed by atoms with Crippen LogP contribution in [0.25, 0.3) is 90.9 Å². The number of aromatic nitrogens is 4. The van der Waals surface area contributed by atoms with Crippen molar-refractivity contribution in [2.24, 2.45) is 0 Å². The molecule has 0 saturated heterocycles. The largest absolute Gasteiger partial charge is 0.354 e. The number of benzene rings is 4. The number of H-pyrrole nitrogens is 2. The third kappa shape index (κ3) is 6.44. The van der Waals surface area contributed by atoms with Crippen LogP contribution in [0.15, 0.2) is 89.8 Å². The van der Waals surface area contributed by atoms with Crippen LogP contribution in [0.2, 0.25) is 0 Å². The molecule has 0 radical (unpaired) electrons. The van der Waals surface area contributed by atoms with Gasteiger partial charge >= 0.3 is 0 Å². The lowest BCUT2D eigenvalue weighted by Crippen LogP contribution is -1.96. The highest BCUT2D eigenvalue weighted by Crippen LogP contribution is 2.42. The predicted octanol–water partition coefficient (Wildman–Crippen LogP) is 14.4. The fraction of sp³-hybridized carbons (Fsp3) is 0.170. The van der Waals surface area contributed by atoms with Crippen molar-refractivity contribution in [3.05, 3.63) is 158 Å². The van der Waals surface area contributed by atoms with Crippen LogP contribution in [-0.2, 0) is 0 Å². The highest BCUT2D eigenvalue weighted by atomic mass is 32.1. The summed E-state index contributed by atoms with van der Waals surface area (Å²) in [6.45, 7) is 19.8. The van der Waals surface area contributed by atoms with Crippen LogP contribution >= 0.6 is 12.6 Å². The van der Waals surface area contributed by atoms with Gasteiger partial charge in [-0.05, 0) is 179 Å². The molecule has 2 aliphatic heterocycles. The number of thiol groups is 1.